The number of hydrogen-bond acceptors (Lipinski definition) is 4. The van der Waals surface area contributed by atoms with E-state index in [-0.39, 0.29) is 29.8 Å². The van der Waals surface area contributed by atoms with E-state index in [1.807, 2.05) is 29.2 Å². The molecule has 2 heterocycles. The van der Waals surface area contributed by atoms with Crippen LogP contribution in [-0.4, -0.2) is 37.0 Å². The number of furan rings is 1. The first kappa shape index (κ1) is 18.8. The van der Waals surface area contributed by atoms with E-state index < -0.39 is 0 Å². The molecule has 0 spiro atoms. The van der Waals surface area contributed by atoms with Gasteiger partial charge in [-0.05, 0) is 17.9 Å². The lowest BCUT2D eigenvalue weighted by molar-refractivity contribution is 0.0500. The fourth-order valence-electron chi connectivity index (χ4n) is 3.25. The number of nitrogens with two attached hydrogens (primary N) is 1. The van der Waals surface area contributed by atoms with Gasteiger partial charge in [-0.1, -0.05) is 32.0 Å². The van der Waals surface area contributed by atoms with Crippen molar-refractivity contribution in [2.24, 2.45) is 11.1 Å². The molecule has 132 valence electrons. The third-order valence-corrected chi connectivity index (χ3v) is 4.78. The lowest BCUT2D eigenvalue weighted by Gasteiger charge is -2.42. The number of halogens is 1. The quantitative estimate of drug-likeness (QED) is 0.921. The number of rotatable bonds is 3. The minimum Gasteiger partial charge on any atom is -0.451 e. The summed E-state index contributed by atoms with van der Waals surface area (Å²) in [6.07, 6.45) is 0.804. The predicted octanol–water partition coefficient (Wildman–Crippen LogP) is 3.20. The molecule has 2 N–H and O–H groups in total. The lowest BCUT2D eigenvalue weighted by Crippen LogP contribution is -2.54. The third-order valence-electron chi connectivity index (χ3n) is 4.78. The summed E-state index contributed by atoms with van der Waals surface area (Å²) in [5.41, 5.74) is 7.61. The van der Waals surface area contributed by atoms with Gasteiger partial charge >= 0.3 is 0 Å². The molecule has 0 bridgehead atoms. The van der Waals surface area contributed by atoms with E-state index in [0.717, 1.165) is 23.0 Å². The molecule has 1 saturated heterocycles. The third kappa shape index (κ3) is 3.29. The monoisotopic (exact) mass is 352 g/mol. The highest BCUT2D eigenvalue weighted by Crippen LogP contribution is 2.32. The number of hydrogen-bond donors (Lipinski definition) is 1. The summed E-state index contributed by atoms with van der Waals surface area (Å²) in [4.78, 5) is 14.8. The molecule has 1 atom stereocenters. The molecule has 3 rings (SSSR count). The van der Waals surface area contributed by atoms with Gasteiger partial charge in [0.25, 0.3) is 5.91 Å². The highest BCUT2D eigenvalue weighted by molar-refractivity contribution is 5.99. The number of methoxy groups -OCH3 is 1. The summed E-state index contributed by atoms with van der Waals surface area (Å²) in [7, 11) is 1.62. The standard InChI is InChI=1S/C18H24N2O3.ClH/c1-18(2)11-20(9-8-15(18)19)17(21)16-13(10-22-3)12-6-4-5-7-14(12)23-16;/h4-7,15H,8-11,19H2,1-3H3;1H. The zero-order valence-electron chi connectivity index (χ0n) is 14.4. The van der Waals surface area contributed by atoms with Crippen LogP contribution in [0, 0.1) is 5.41 Å². The van der Waals surface area contributed by atoms with Crippen molar-refractivity contribution < 1.29 is 13.9 Å². The van der Waals surface area contributed by atoms with Crippen molar-refractivity contribution in [2.45, 2.75) is 32.9 Å². The molecule has 0 radical (unpaired) electrons. The summed E-state index contributed by atoms with van der Waals surface area (Å²) in [6.45, 7) is 5.86. The number of carbonyl (C=O) groups is 1. The number of carbonyl (C=O) groups excluding carboxylic acids is 1. The van der Waals surface area contributed by atoms with Gasteiger partial charge in [-0.25, -0.2) is 0 Å². The molecule has 2 aromatic rings. The van der Waals surface area contributed by atoms with Gasteiger partial charge < -0.3 is 19.8 Å². The smallest absolute Gasteiger partial charge is 0.290 e. The van der Waals surface area contributed by atoms with Crippen molar-refractivity contribution in [3.05, 3.63) is 35.6 Å². The van der Waals surface area contributed by atoms with Gasteiger partial charge in [0.2, 0.25) is 0 Å². The van der Waals surface area contributed by atoms with Crippen LogP contribution < -0.4 is 5.73 Å². The van der Waals surface area contributed by atoms with Crippen LogP contribution in [-0.2, 0) is 11.3 Å². The second-order valence-electron chi connectivity index (χ2n) is 6.95. The first-order valence-corrected chi connectivity index (χ1v) is 7.98. The van der Waals surface area contributed by atoms with Gasteiger partial charge in [-0.2, -0.15) is 0 Å². The summed E-state index contributed by atoms with van der Waals surface area (Å²) in [5, 5.41) is 0.936. The Hall–Kier alpha value is -1.56. The average Bonchev–Trinajstić information content (AvgIpc) is 2.88. The molecule has 1 aliphatic rings. The van der Waals surface area contributed by atoms with E-state index in [2.05, 4.69) is 13.8 Å². The first-order chi connectivity index (χ1) is 10.9. The summed E-state index contributed by atoms with van der Waals surface area (Å²) >= 11 is 0. The van der Waals surface area contributed by atoms with E-state index in [4.69, 9.17) is 14.9 Å². The van der Waals surface area contributed by atoms with Crippen LogP contribution in [0.2, 0.25) is 0 Å². The first-order valence-electron chi connectivity index (χ1n) is 7.98. The molecule has 5 nitrogen and oxygen atoms in total. The Morgan fingerprint density at radius 2 is 2.12 bits per heavy atom. The number of amides is 1. The number of nitrogens with zero attached hydrogens (tertiary/aromatic N) is 1. The maximum absolute atomic E-state index is 13.0. The van der Waals surface area contributed by atoms with E-state index >= 15 is 0 Å². The number of benzene rings is 1. The van der Waals surface area contributed by atoms with Crippen LogP contribution in [0.1, 0.15) is 36.4 Å². The van der Waals surface area contributed by atoms with Crippen LogP contribution in [0.4, 0.5) is 0 Å². The van der Waals surface area contributed by atoms with Gasteiger partial charge in [-0.3, -0.25) is 4.79 Å². The van der Waals surface area contributed by atoms with Crippen molar-refractivity contribution in [1.29, 1.82) is 0 Å². The molecule has 1 fully saturated rings. The molecular weight excluding hydrogens is 328 g/mol. The number of para-hydroxylation sites is 1. The van der Waals surface area contributed by atoms with E-state index in [9.17, 15) is 4.79 Å². The topological polar surface area (TPSA) is 68.7 Å². The Balaban J connectivity index is 0.00000208. The Morgan fingerprint density at radius 1 is 1.42 bits per heavy atom. The van der Waals surface area contributed by atoms with Crippen LogP contribution in [0.25, 0.3) is 11.0 Å². The van der Waals surface area contributed by atoms with Gasteiger partial charge in [0.1, 0.15) is 5.58 Å². The minimum absolute atomic E-state index is 0. The number of likely N-dealkylation sites (tertiary alicyclic amines) is 1. The Labute approximate surface area is 148 Å². The molecule has 0 aliphatic carbocycles. The van der Waals surface area contributed by atoms with E-state index in [1.54, 1.807) is 7.11 Å². The van der Waals surface area contributed by atoms with Gasteiger partial charge in [0.05, 0.1) is 6.61 Å². The zero-order valence-corrected chi connectivity index (χ0v) is 15.2. The van der Waals surface area contributed by atoms with Gasteiger partial charge in [0, 0.05) is 37.2 Å². The van der Waals surface area contributed by atoms with Crippen molar-refractivity contribution >= 4 is 29.3 Å². The molecular formula is C18H25ClN2O3. The molecule has 24 heavy (non-hydrogen) atoms. The molecule has 1 amide bonds. The lowest BCUT2D eigenvalue weighted by atomic mass is 9.79. The Morgan fingerprint density at radius 3 is 2.79 bits per heavy atom. The fourth-order valence-corrected chi connectivity index (χ4v) is 3.25. The van der Waals surface area contributed by atoms with Crippen LogP contribution in [0.5, 0.6) is 0 Å². The summed E-state index contributed by atoms with van der Waals surface area (Å²) < 4.78 is 11.1. The second kappa shape index (κ2) is 7.13. The number of ether oxygens (including phenoxy) is 1. The van der Waals surface area contributed by atoms with Crippen LogP contribution in [0.15, 0.2) is 28.7 Å². The van der Waals surface area contributed by atoms with E-state index in [0.29, 0.717) is 25.5 Å². The highest BCUT2D eigenvalue weighted by atomic mass is 35.5. The SMILES string of the molecule is COCc1c(C(=O)N2CCC(N)C(C)(C)C2)oc2ccccc12.Cl. The normalized spacial score (nSPS) is 20.0. The minimum atomic E-state index is -0.0959. The molecule has 1 aromatic heterocycles. The van der Waals surface area contributed by atoms with Crippen LogP contribution >= 0.6 is 12.4 Å². The maximum Gasteiger partial charge on any atom is 0.290 e. The molecule has 1 aliphatic heterocycles. The molecule has 1 unspecified atom stereocenters. The predicted molar refractivity (Wildman–Crippen MR) is 96.5 cm³/mol. The van der Waals surface area contributed by atoms with Crippen molar-refractivity contribution in [2.75, 3.05) is 20.2 Å². The summed E-state index contributed by atoms with van der Waals surface area (Å²) in [5.74, 6) is 0.313. The summed E-state index contributed by atoms with van der Waals surface area (Å²) in [6, 6.07) is 7.79. The Kier molecular flexibility index (Phi) is 5.58. The van der Waals surface area contributed by atoms with Crippen molar-refractivity contribution in [3.63, 3.8) is 0 Å². The maximum atomic E-state index is 13.0. The largest absolute Gasteiger partial charge is 0.451 e. The Bertz CT molecular complexity index is 726. The molecule has 1 aromatic carbocycles. The molecule has 0 saturated carbocycles. The van der Waals surface area contributed by atoms with Crippen molar-refractivity contribution in [3.8, 4) is 0 Å². The second-order valence-corrected chi connectivity index (χ2v) is 6.95. The number of piperidine rings is 1. The highest BCUT2D eigenvalue weighted by Gasteiger charge is 2.37. The molecule has 6 heteroatoms. The fraction of sp³-hybridized carbons (Fsp3) is 0.500. The van der Waals surface area contributed by atoms with Crippen LogP contribution in [0.3, 0.4) is 0 Å². The van der Waals surface area contributed by atoms with Gasteiger partial charge in [0.15, 0.2) is 5.76 Å². The van der Waals surface area contributed by atoms with Gasteiger partial charge in [-0.15, -0.1) is 12.4 Å². The van der Waals surface area contributed by atoms with E-state index in [1.165, 1.54) is 0 Å². The zero-order chi connectivity index (χ0) is 16.6. The van der Waals surface area contributed by atoms with Crippen molar-refractivity contribution in [1.82, 2.24) is 4.90 Å². The number of fused-ring (bicyclic) bond motifs is 1. The average molecular weight is 353 g/mol.